The molecule has 6 heteroatoms. The number of ether oxygens (including phenoxy) is 1. The van der Waals surface area contributed by atoms with Crippen LogP contribution in [-0.4, -0.2) is 49.1 Å². The normalized spacial score (nSPS) is 16.6. The summed E-state index contributed by atoms with van der Waals surface area (Å²) in [6, 6.07) is 6.48. The lowest BCUT2D eigenvalue weighted by atomic mass is 10.2. The van der Waals surface area contributed by atoms with Gasteiger partial charge in [-0.05, 0) is 31.2 Å². The molecule has 0 aromatic heterocycles. The lowest BCUT2D eigenvalue weighted by Gasteiger charge is -2.29. The first-order valence-corrected chi connectivity index (χ1v) is 7.30. The third-order valence-corrected chi connectivity index (χ3v) is 3.68. The predicted molar refractivity (Wildman–Crippen MR) is 78.5 cm³/mol. The van der Waals surface area contributed by atoms with Gasteiger partial charge in [0.15, 0.2) is 0 Å². The van der Waals surface area contributed by atoms with Gasteiger partial charge in [0.05, 0.1) is 13.2 Å². The van der Waals surface area contributed by atoms with E-state index in [1.54, 1.807) is 36.1 Å². The lowest BCUT2D eigenvalue weighted by Crippen LogP contribution is -2.50. The number of nitrogens with zero attached hydrogens (tertiary/aromatic N) is 1. The van der Waals surface area contributed by atoms with Gasteiger partial charge in [0.2, 0.25) is 5.91 Å². The molecular weight excluding hydrogens is 324 g/mol. The Morgan fingerprint density at radius 2 is 1.85 bits per heavy atom. The number of hydrogen-bond donors (Lipinski definition) is 1. The fourth-order valence-corrected chi connectivity index (χ4v) is 2.26. The first-order valence-electron chi connectivity index (χ1n) is 6.51. The van der Waals surface area contributed by atoms with Gasteiger partial charge in [-0.3, -0.25) is 9.59 Å². The molecule has 5 nitrogen and oxygen atoms in total. The molecule has 0 radical (unpaired) electrons. The Morgan fingerprint density at radius 1 is 1.25 bits per heavy atom. The number of rotatable bonds is 3. The first kappa shape index (κ1) is 15.0. The van der Waals surface area contributed by atoms with Gasteiger partial charge >= 0.3 is 0 Å². The van der Waals surface area contributed by atoms with Crippen LogP contribution in [0.1, 0.15) is 17.3 Å². The molecule has 1 fully saturated rings. The highest BCUT2D eigenvalue weighted by Crippen LogP contribution is 2.10. The molecule has 0 saturated carbocycles. The van der Waals surface area contributed by atoms with Gasteiger partial charge < -0.3 is 15.0 Å². The van der Waals surface area contributed by atoms with Crippen molar-refractivity contribution in [2.24, 2.45) is 0 Å². The average molecular weight is 341 g/mol. The van der Waals surface area contributed by atoms with Crippen molar-refractivity contribution in [3.8, 4) is 0 Å². The number of nitrogens with one attached hydrogen (secondary N) is 1. The third-order valence-electron chi connectivity index (χ3n) is 3.15. The summed E-state index contributed by atoms with van der Waals surface area (Å²) in [5.41, 5.74) is 0.537. The summed E-state index contributed by atoms with van der Waals surface area (Å²) in [7, 11) is 0. The Balaban J connectivity index is 1.92. The molecule has 2 rings (SSSR count). The van der Waals surface area contributed by atoms with E-state index in [0.717, 1.165) is 4.47 Å². The highest BCUT2D eigenvalue weighted by molar-refractivity contribution is 9.10. The fourth-order valence-electron chi connectivity index (χ4n) is 2.00. The second kappa shape index (κ2) is 6.85. The first-order chi connectivity index (χ1) is 9.58. The molecule has 108 valence electrons. The van der Waals surface area contributed by atoms with Crippen LogP contribution < -0.4 is 5.32 Å². The highest BCUT2D eigenvalue weighted by atomic mass is 79.9. The standard InChI is InChI=1S/C14H17BrN2O3/c1-10(14(19)17-6-8-20-9-7-17)16-13(18)11-2-4-12(15)5-3-11/h2-5,10H,6-9H2,1H3,(H,16,18)/t10-/m0/s1. The highest BCUT2D eigenvalue weighted by Gasteiger charge is 2.23. The summed E-state index contributed by atoms with van der Waals surface area (Å²) in [4.78, 5) is 25.9. The van der Waals surface area contributed by atoms with Crippen molar-refractivity contribution in [1.82, 2.24) is 10.2 Å². The Kier molecular flexibility index (Phi) is 5.14. The van der Waals surface area contributed by atoms with Gasteiger partial charge in [0.1, 0.15) is 6.04 Å². The van der Waals surface area contributed by atoms with Gasteiger partial charge in [0.25, 0.3) is 5.91 Å². The van der Waals surface area contributed by atoms with Crippen LogP contribution in [0.3, 0.4) is 0 Å². The molecule has 1 aromatic carbocycles. The largest absolute Gasteiger partial charge is 0.378 e. The Bertz CT molecular complexity index is 484. The maximum absolute atomic E-state index is 12.2. The Labute approximate surface area is 126 Å². The van der Waals surface area contributed by atoms with E-state index in [9.17, 15) is 9.59 Å². The molecular formula is C14H17BrN2O3. The van der Waals surface area contributed by atoms with Crippen LogP contribution in [0.4, 0.5) is 0 Å². The number of halogens is 1. The van der Waals surface area contributed by atoms with E-state index < -0.39 is 6.04 Å². The zero-order valence-electron chi connectivity index (χ0n) is 11.3. The van der Waals surface area contributed by atoms with Crippen LogP contribution in [0.15, 0.2) is 28.7 Å². The maximum Gasteiger partial charge on any atom is 0.251 e. The van der Waals surface area contributed by atoms with Crippen molar-refractivity contribution in [3.63, 3.8) is 0 Å². The molecule has 0 unspecified atom stereocenters. The molecule has 1 aromatic rings. The molecule has 1 saturated heterocycles. The molecule has 1 heterocycles. The monoisotopic (exact) mass is 340 g/mol. The minimum Gasteiger partial charge on any atom is -0.378 e. The molecule has 1 N–H and O–H groups in total. The minimum absolute atomic E-state index is 0.0706. The molecule has 0 spiro atoms. The molecule has 0 aliphatic carbocycles. The summed E-state index contributed by atoms with van der Waals surface area (Å²) in [6.07, 6.45) is 0. The molecule has 1 atom stereocenters. The minimum atomic E-state index is -0.538. The van der Waals surface area contributed by atoms with E-state index >= 15 is 0 Å². The number of morpholine rings is 1. The van der Waals surface area contributed by atoms with E-state index in [0.29, 0.717) is 31.9 Å². The van der Waals surface area contributed by atoms with Crippen molar-refractivity contribution >= 4 is 27.7 Å². The quantitative estimate of drug-likeness (QED) is 0.905. The summed E-state index contributed by atoms with van der Waals surface area (Å²) in [5.74, 6) is -0.314. The van der Waals surface area contributed by atoms with Crippen molar-refractivity contribution < 1.29 is 14.3 Å². The van der Waals surface area contributed by atoms with Crippen LogP contribution in [0.2, 0.25) is 0 Å². The predicted octanol–water partition coefficient (Wildman–Crippen LogP) is 1.43. The number of carbonyl (C=O) groups is 2. The Hall–Kier alpha value is -1.40. The maximum atomic E-state index is 12.2. The van der Waals surface area contributed by atoms with Crippen molar-refractivity contribution in [2.45, 2.75) is 13.0 Å². The smallest absolute Gasteiger partial charge is 0.251 e. The number of amides is 2. The molecule has 1 aliphatic rings. The second-order valence-electron chi connectivity index (χ2n) is 4.64. The van der Waals surface area contributed by atoms with E-state index in [2.05, 4.69) is 21.2 Å². The van der Waals surface area contributed by atoms with Crippen LogP contribution >= 0.6 is 15.9 Å². The van der Waals surface area contributed by atoms with Gasteiger partial charge in [-0.1, -0.05) is 15.9 Å². The average Bonchev–Trinajstić information content (AvgIpc) is 2.48. The summed E-state index contributed by atoms with van der Waals surface area (Å²) < 4.78 is 6.11. The SMILES string of the molecule is C[C@H](NC(=O)c1ccc(Br)cc1)C(=O)N1CCOCC1. The van der Waals surface area contributed by atoms with Crippen LogP contribution in [-0.2, 0) is 9.53 Å². The van der Waals surface area contributed by atoms with Crippen LogP contribution in [0.5, 0.6) is 0 Å². The zero-order chi connectivity index (χ0) is 14.5. The van der Waals surface area contributed by atoms with Crippen molar-refractivity contribution in [2.75, 3.05) is 26.3 Å². The zero-order valence-corrected chi connectivity index (χ0v) is 12.9. The molecule has 0 bridgehead atoms. The summed E-state index contributed by atoms with van der Waals surface area (Å²) >= 11 is 3.32. The van der Waals surface area contributed by atoms with Gasteiger partial charge in [-0.2, -0.15) is 0 Å². The fraction of sp³-hybridized carbons (Fsp3) is 0.429. The summed E-state index contributed by atoms with van der Waals surface area (Å²) in [5, 5.41) is 2.73. The topological polar surface area (TPSA) is 58.6 Å². The van der Waals surface area contributed by atoms with E-state index in [-0.39, 0.29) is 11.8 Å². The number of hydrogen-bond acceptors (Lipinski definition) is 3. The lowest BCUT2D eigenvalue weighted by molar-refractivity contribution is -0.136. The van der Waals surface area contributed by atoms with E-state index in [4.69, 9.17) is 4.74 Å². The molecule has 1 aliphatic heterocycles. The molecule has 20 heavy (non-hydrogen) atoms. The second-order valence-corrected chi connectivity index (χ2v) is 5.56. The van der Waals surface area contributed by atoms with Crippen molar-refractivity contribution in [1.29, 1.82) is 0 Å². The third kappa shape index (κ3) is 3.80. The molecule has 2 amide bonds. The van der Waals surface area contributed by atoms with Gasteiger partial charge in [-0.15, -0.1) is 0 Å². The summed E-state index contributed by atoms with van der Waals surface area (Å²) in [6.45, 7) is 3.97. The number of benzene rings is 1. The van der Waals surface area contributed by atoms with Crippen LogP contribution in [0, 0.1) is 0 Å². The Morgan fingerprint density at radius 3 is 2.45 bits per heavy atom. The number of carbonyl (C=O) groups excluding carboxylic acids is 2. The van der Waals surface area contributed by atoms with Crippen LogP contribution in [0.25, 0.3) is 0 Å². The van der Waals surface area contributed by atoms with E-state index in [1.807, 2.05) is 0 Å². The van der Waals surface area contributed by atoms with E-state index in [1.165, 1.54) is 0 Å². The van der Waals surface area contributed by atoms with Gasteiger partial charge in [0, 0.05) is 23.1 Å². The van der Waals surface area contributed by atoms with Gasteiger partial charge in [-0.25, -0.2) is 0 Å². The van der Waals surface area contributed by atoms with Crippen molar-refractivity contribution in [3.05, 3.63) is 34.3 Å².